The zero-order valence-electron chi connectivity index (χ0n) is 15.3. The highest BCUT2D eigenvalue weighted by Gasteiger charge is 2.30. The van der Waals surface area contributed by atoms with Gasteiger partial charge in [0.05, 0.1) is 13.3 Å². The number of nitrogens with two attached hydrogens (primary N) is 2. The van der Waals surface area contributed by atoms with Crippen LogP contribution in [0.4, 0.5) is 15.9 Å². The number of halogens is 1. The number of aliphatic imine (C=N–C) groups is 1. The summed E-state index contributed by atoms with van der Waals surface area (Å²) < 4.78 is 23.0. The van der Waals surface area contributed by atoms with Crippen LogP contribution in [0.25, 0.3) is 0 Å². The van der Waals surface area contributed by atoms with Crippen molar-refractivity contribution < 1.29 is 18.7 Å². The molecule has 0 saturated heterocycles. The molecule has 1 aliphatic rings. The summed E-state index contributed by atoms with van der Waals surface area (Å²) in [7, 11) is 1.42. The summed E-state index contributed by atoms with van der Waals surface area (Å²) in [5, 5.41) is 2.70. The van der Waals surface area contributed by atoms with Crippen molar-refractivity contribution in [1.82, 2.24) is 9.97 Å². The zero-order chi connectivity index (χ0) is 20.3. The summed E-state index contributed by atoms with van der Waals surface area (Å²) in [4.78, 5) is 24.6. The lowest BCUT2D eigenvalue weighted by atomic mass is 9.91. The van der Waals surface area contributed by atoms with Crippen LogP contribution in [-0.2, 0) is 10.3 Å². The van der Waals surface area contributed by atoms with E-state index >= 15 is 0 Å². The molecule has 0 aliphatic carbocycles. The maximum absolute atomic E-state index is 13.0. The van der Waals surface area contributed by atoms with Crippen molar-refractivity contribution in [3.05, 3.63) is 53.6 Å². The maximum atomic E-state index is 13.0. The Hall–Kier alpha value is -3.69. The number of allylic oxidation sites excluding steroid dienone is 1. The Bertz CT molecular complexity index is 978. The van der Waals surface area contributed by atoms with Crippen LogP contribution in [0.1, 0.15) is 23.0 Å². The number of anilines is 2. The number of hydrogen-bond acceptors (Lipinski definition) is 8. The first-order chi connectivity index (χ1) is 13.3. The molecule has 0 fully saturated rings. The van der Waals surface area contributed by atoms with Gasteiger partial charge in [-0.2, -0.15) is 4.98 Å². The van der Waals surface area contributed by atoms with E-state index in [9.17, 15) is 9.18 Å². The van der Waals surface area contributed by atoms with E-state index in [-0.39, 0.29) is 29.2 Å². The van der Waals surface area contributed by atoms with Crippen molar-refractivity contribution >= 4 is 23.4 Å². The van der Waals surface area contributed by atoms with Gasteiger partial charge in [-0.25, -0.2) is 14.4 Å². The molecule has 0 saturated carbocycles. The van der Waals surface area contributed by atoms with Gasteiger partial charge in [0.1, 0.15) is 18.0 Å². The quantitative estimate of drug-likeness (QED) is 0.711. The van der Waals surface area contributed by atoms with Crippen molar-refractivity contribution in [3.8, 4) is 5.88 Å². The van der Waals surface area contributed by atoms with E-state index in [0.717, 1.165) is 0 Å². The second kappa shape index (κ2) is 7.51. The normalized spacial score (nSPS) is 18.5. The Morgan fingerprint density at radius 1 is 1.39 bits per heavy atom. The van der Waals surface area contributed by atoms with Gasteiger partial charge in [-0.3, -0.25) is 4.79 Å². The predicted octanol–water partition coefficient (Wildman–Crippen LogP) is 1.73. The van der Waals surface area contributed by atoms with Crippen LogP contribution in [0.15, 0.2) is 47.3 Å². The summed E-state index contributed by atoms with van der Waals surface area (Å²) in [5.41, 5.74) is 11.6. The molecular formula is C18H19FN6O3. The summed E-state index contributed by atoms with van der Waals surface area (Å²) in [6.45, 7) is 0.948. The van der Waals surface area contributed by atoms with E-state index in [1.54, 1.807) is 31.2 Å². The van der Waals surface area contributed by atoms with Gasteiger partial charge in [0.25, 0.3) is 11.9 Å². The highest BCUT2D eigenvalue weighted by molar-refractivity contribution is 6.05. The van der Waals surface area contributed by atoms with Crippen molar-refractivity contribution in [2.45, 2.75) is 12.5 Å². The topological polar surface area (TPSA) is 138 Å². The predicted molar refractivity (Wildman–Crippen MR) is 102 cm³/mol. The number of methoxy groups -OCH3 is 1. The highest BCUT2D eigenvalue weighted by atomic mass is 19.1. The van der Waals surface area contributed by atoms with Crippen LogP contribution < -0.4 is 21.5 Å². The van der Waals surface area contributed by atoms with Crippen molar-refractivity contribution in [3.63, 3.8) is 0 Å². The lowest BCUT2D eigenvalue weighted by molar-refractivity contribution is 0.102. The first-order valence-electron chi connectivity index (χ1n) is 8.24. The number of rotatable bonds is 5. The second-order valence-corrected chi connectivity index (χ2v) is 6.13. The molecule has 0 unspecified atom stereocenters. The number of nitrogen functional groups attached to an aromatic ring is 1. The van der Waals surface area contributed by atoms with Gasteiger partial charge in [0, 0.05) is 5.69 Å². The third-order valence-corrected chi connectivity index (χ3v) is 4.06. The fraction of sp³-hybridized carbons (Fsp3) is 0.222. The van der Waals surface area contributed by atoms with E-state index < -0.39 is 18.1 Å². The first kappa shape index (κ1) is 19.1. The van der Waals surface area contributed by atoms with Gasteiger partial charge < -0.3 is 26.3 Å². The molecule has 1 aromatic heterocycles. The minimum Gasteiger partial charge on any atom is -0.480 e. The number of aromatic nitrogens is 2. The van der Waals surface area contributed by atoms with Gasteiger partial charge in [-0.15, -0.1) is 0 Å². The number of carbonyl (C=O) groups is 1. The van der Waals surface area contributed by atoms with Gasteiger partial charge in [-0.05, 0) is 30.7 Å². The minimum absolute atomic E-state index is 0.0367. The largest absolute Gasteiger partial charge is 0.480 e. The lowest BCUT2D eigenvalue weighted by Crippen LogP contribution is -2.30. The second-order valence-electron chi connectivity index (χ2n) is 6.13. The number of alkyl halides is 1. The third-order valence-electron chi connectivity index (χ3n) is 4.06. The van der Waals surface area contributed by atoms with E-state index in [0.29, 0.717) is 11.3 Å². The Labute approximate surface area is 160 Å². The molecular weight excluding hydrogens is 367 g/mol. The smallest absolute Gasteiger partial charge is 0.288 e. The van der Waals surface area contributed by atoms with Crippen molar-refractivity contribution in [1.29, 1.82) is 0 Å². The Kier molecular flexibility index (Phi) is 5.12. The fourth-order valence-electron chi connectivity index (χ4n) is 2.74. The van der Waals surface area contributed by atoms with Crippen LogP contribution in [-0.4, -0.2) is 35.7 Å². The molecule has 1 aliphatic heterocycles. The van der Waals surface area contributed by atoms with E-state index in [1.807, 2.05) is 0 Å². The molecule has 5 N–H and O–H groups in total. The first-order valence-corrected chi connectivity index (χ1v) is 8.24. The van der Waals surface area contributed by atoms with Crippen LogP contribution in [0.3, 0.4) is 0 Å². The maximum Gasteiger partial charge on any atom is 0.288 e. The molecule has 0 bridgehead atoms. The molecule has 9 nitrogen and oxygen atoms in total. The van der Waals surface area contributed by atoms with Crippen molar-refractivity contribution in [2.75, 3.05) is 24.8 Å². The molecule has 0 spiro atoms. The molecule has 1 atom stereocenters. The van der Waals surface area contributed by atoms with E-state index in [4.69, 9.17) is 20.9 Å². The molecule has 3 rings (SSSR count). The monoisotopic (exact) mass is 386 g/mol. The Morgan fingerprint density at radius 2 is 2.18 bits per heavy atom. The van der Waals surface area contributed by atoms with Crippen LogP contribution in [0.2, 0.25) is 0 Å². The summed E-state index contributed by atoms with van der Waals surface area (Å²) in [5.74, 6) is -0.317. The van der Waals surface area contributed by atoms with E-state index in [2.05, 4.69) is 20.3 Å². The number of amidine groups is 1. The summed E-state index contributed by atoms with van der Waals surface area (Å²) in [6, 6.07) is 6.76. The minimum atomic E-state index is -0.941. The van der Waals surface area contributed by atoms with Gasteiger partial charge in [0.15, 0.2) is 11.5 Å². The SMILES string of the molecule is COc1cnc(C(=O)Nc2cccc([C@]3(C)C=C(CF)OC(N)=N3)c2)c(N)n1. The highest BCUT2D eigenvalue weighted by Crippen LogP contribution is 2.33. The molecule has 1 aromatic carbocycles. The van der Waals surface area contributed by atoms with Crippen LogP contribution in [0.5, 0.6) is 5.88 Å². The molecule has 2 aromatic rings. The van der Waals surface area contributed by atoms with Gasteiger partial charge in [-0.1, -0.05) is 12.1 Å². The average molecular weight is 386 g/mol. The number of amides is 1. The van der Waals surface area contributed by atoms with Gasteiger partial charge >= 0.3 is 0 Å². The van der Waals surface area contributed by atoms with Crippen LogP contribution >= 0.6 is 0 Å². The molecule has 146 valence electrons. The molecule has 28 heavy (non-hydrogen) atoms. The average Bonchev–Trinajstić information content (AvgIpc) is 2.67. The summed E-state index contributed by atoms with van der Waals surface area (Å²) in [6.07, 6.45) is 2.84. The number of hydrogen-bond donors (Lipinski definition) is 3. The van der Waals surface area contributed by atoms with E-state index in [1.165, 1.54) is 19.4 Å². The Morgan fingerprint density at radius 3 is 2.86 bits per heavy atom. The lowest BCUT2D eigenvalue weighted by Gasteiger charge is -2.27. The number of ether oxygens (including phenoxy) is 2. The van der Waals surface area contributed by atoms with Gasteiger partial charge in [0.2, 0.25) is 5.88 Å². The molecule has 0 radical (unpaired) electrons. The Balaban J connectivity index is 1.87. The number of nitrogens with zero attached hydrogens (tertiary/aromatic N) is 3. The molecule has 1 amide bonds. The molecule has 10 heteroatoms. The number of nitrogens with one attached hydrogen (secondary N) is 1. The summed E-state index contributed by atoms with van der Waals surface area (Å²) >= 11 is 0. The fourth-order valence-corrected chi connectivity index (χ4v) is 2.74. The number of benzene rings is 1. The third kappa shape index (κ3) is 3.85. The zero-order valence-corrected chi connectivity index (χ0v) is 15.3. The number of carbonyl (C=O) groups excluding carboxylic acids is 1. The van der Waals surface area contributed by atoms with Crippen LogP contribution in [0, 0.1) is 0 Å². The standard InChI is InChI=1S/C18H19FN6O3/c1-18(7-12(8-19)28-17(21)25-18)10-4-3-5-11(6-10)23-16(26)14-15(20)24-13(27-2)9-22-14/h3-7,9H,8H2,1-2H3,(H2,20,24)(H2,21,25)(H,23,26)/t18-/m0/s1. The molecule has 2 heterocycles. The van der Waals surface area contributed by atoms with Crippen molar-refractivity contribution in [2.24, 2.45) is 10.7 Å².